The number of rotatable bonds is 7. The van der Waals surface area contributed by atoms with Crippen molar-refractivity contribution in [2.45, 2.75) is 71.4 Å². The number of methoxy groups -OCH3 is 1. The number of fused-ring (bicyclic) bond motifs is 1. The summed E-state index contributed by atoms with van der Waals surface area (Å²) in [5.41, 5.74) is -0.314. The summed E-state index contributed by atoms with van der Waals surface area (Å²) >= 11 is 0. The molecule has 8 nitrogen and oxygen atoms in total. The number of carbonyl (C=O) groups excluding carboxylic acids is 1. The molecule has 2 aromatic heterocycles. The zero-order valence-electron chi connectivity index (χ0n) is 16.8. The van der Waals surface area contributed by atoms with E-state index in [9.17, 15) is 14.4 Å². The predicted molar refractivity (Wildman–Crippen MR) is 105 cm³/mol. The number of aromatic nitrogens is 4. The quantitative estimate of drug-likeness (QED) is 0.728. The van der Waals surface area contributed by atoms with Crippen LogP contribution in [-0.4, -0.2) is 31.9 Å². The second-order valence-corrected chi connectivity index (χ2v) is 8.04. The lowest BCUT2D eigenvalue weighted by atomic mass is 9.97. The summed E-state index contributed by atoms with van der Waals surface area (Å²) in [6, 6.07) is 0. The fourth-order valence-corrected chi connectivity index (χ4v) is 4.32. The molecule has 2 aliphatic carbocycles. The maximum atomic E-state index is 13.2. The SMILES string of the molecule is CCCn1c(=O)c2c(nc(C(C3CC3)C3CC3)n2C(=O)OC)n(CCC)c1=O. The Morgan fingerprint density at radius 2 is 1.64 bits per heavy atom. The van der Waals surface area contributed by atoms with E-state index in [1.165, 1.54) is 16.2 Å². The largest absolute Gasteiger partial charge is 0.452 e. The first-order chi connectivity index (χ1) is 13.5. The van der Waals surface area contributed by atoms with E-state index < -0.39 is 11.7 Å². The number of nitrogens with zero attached hydrogens (tertiary/aromatic N) is 4. The molecule has 2 aromatic rings. The third-order valence-corrected chi connectivity index (χ3v) is 5.86. The molecule has 2 heterocycles. The highest BCUT2D eigenvalue weighted by Crippen LogP contribution is 2.54. The van der Waals surface area contributed by atoms with Crippen LogP contribution in [0.25, 0.3) is 11.2 Å². The molecule has 28 heavy (non-hydrogen) atoms. The molecule has 2 saturated carbocycles. The number of ether oxygens (including phenoxy) is 1. The van der Waals surface area contributed by atoms with E-state index in [1.807, 2.05) is 13.8 Å². The van der Waals surface area contributed by atoms with Crippen molar-refractivity contribution in [2.24, 2.45) is 11.8 Å². The lowest BCUT2D eigenvalue weighted by Gasteiger charge is -2.15. The predicted octanol–water partition coefficient (Wildman–Crippen LogP) is 2.70. The van der Waals surface area contributed by atoms with E-state index in [4.69, 9.17) is 9.72 Å². The summed E-state index contributed by atoms with van der Waals surface area (Å²) in [5.74, 6) is 1.74. The van der Waals surface area contributed by atoms with Crippen LogP contribution in [0.2, 0.25) is 0 Å². The third kappa shape index (κ3) is 2.99. The van der Waals surface area contributed by atoms with Gasteiger partial charge in [-0.05, 0) is 50.4 Å². The van der Waals surface area contributed by atoms with Gasteiger partial charge in [-0.1, -0.05) is 13.8 Å². The molecule has 0 spiro atoms. The molecule has 0 aromatic carbocycles. The third-order valence-electron chi connectivity index (χ3n) is 5.86. The van der Waals surface area contributed by atoms with Crippen LogP contribution in [0.3, 0.4) is 0 Å². The van der Waals surface area contributed by atoms with Gasteiger partial charge in [0, 0.05) is 19.0 Å². The van der Waals surface area contributed by atoms with Crippen molar-refractivity contribution in [3.05, 3.63) is 26.7 Å². The number of imidazole rings is 1. The molecule has 0 amide bonds. The van der Waals surface area contributed by atoms with E-state index in [1.54, 1.807) is 4.57 Å². The molecular formula is C20H28N4O4. The van der Waals surface area contributed by atoms with Crippen molar-refractivity contribution < 1.29 is 9.53 Å². The lowest BCUT2D eigenvalue weighted by Crippen LogP contribution is -2.41. The highest BCUT2D eigenvalue weighted by molar-refractivity contribution is 5.85. The van der Waals surface area contributed by atoms with Crippen LogP contribution in [-0.2, 0) is 17.8 Å². The fraction of sp³-hybridized carbons (Fsp3) is 0.700. The highest BCUT2D eigenvalue weighted by atomic mass is 16.5. The Balaban J connectivity index is 2.06. The van der Waals surface area contributed by atoms with Gasteiger partial charge in [0.05, 0.1) is 7.11 Å². The van der Waals surface area contributed by atoms with E-state index in [-0.39, 0.29) is 17.1 Å². The molecule has 2 fully saturated rings. The summed E-state index contributed by atoms with van der Waals surface area (Å²) < 4.78 is 9.16. The molecule has 0 radical (unpaired) electrons. The maximum Gasteiger partial charge on any atom is 0.419 e. The van der Waals surface area contributed by atoms with Crippen LogP contribution < -0.4 is 11.2 Å². The molecule has 2 aliphatic rings. The van der Waals surface area contributed by atoms with Crippen molar-refractivity contribution in [3.8, 4) is 0 Å². The molecule has 0 bridgehead atoms. The van der Waals surface area contributed by atoms with Crippen LogP contribution in [0.4, 0.5) is 4.79 Å². The van der Waals surface area contributed by atoms with Crippen molar-refractivity contribution in [1.82, 2.24) is 18.7 Å². The zero-order chi connectivity index (χ0) is 20.0. The van der Waals surface area contributed by atoms with Crippen LogP contribution in [0.15, 0.2) is 9.59 Å². The number of hydrogen-bond donors (Lipinski definition) is 0. The van der Waals surface area contributed by atoms with Gasteiger partial charge in [-0.2, -0.15) is 0 Å². The molecule has 0 atom stereocenters. The number of carbonyl (C=O) groups is 1. The second kappa shape index (κ2) is 7.22. The van der Waals surface area contributed by atoms with Crippen LogP contribution in [0.1, 0.15) is 64.1 Å². The van der Waals surface area contributed by atoms with Crippen LogP contribution in [0.5, 0.6) is 0 Å². The van der Waals surface area contributed by atoms with Gasteiger partial charge in [0.25, 0.3) is 5.56 Å². The molecule has 0 N–H and O–H groups in total. The van der Waals surface area contributed by atoms with E-state index >= 15 is 0 Å². The average molecular weight is 388 g/mol. The van der Waals surface area contributed by atoms with Crippen molar-refractivity contribution in [3.63, 3.8) is 0 Å². The Morgan fingerprint density at radius 3 is 2.14 bits per heavy atom. The Hall–Kier alpha value is -2.38. The first-order valence-electron chi connectivity index (χ1n) is 10.4. The summed E-state index contributed by atoms with van der Waals surface area (Å²) in [6.45, 7) is 4.66. The normalized spacial score (nSPS) is 16.9. The van der Waals surface area contributed by atoms with E-state index in [0.29, 0.717) is 42.8 Å². The first kappa shape index (κ1) is 19.0. The number of hydrogen-bond acceptors (Lipinski definition) is 5. The maximum absolute atomic E-state index is 13.2. The van der Waals surface area contributed by atoms with Crippen molar-refractivity contribution in [2.75, 3.05) is 7.11 Å². The lowest BCUT2D eigenvalue weighted by molar-refractivity contribution is 0.172. The monoisotopic (exact) mass is 388 g/mol. The standard InChI is InChI=1S/C20H28N4O4/c1-4-10-22-17-15(18(25)23(11-5-2)19(22)26)24(20(27)28-3)16(21-17)14(12-6-7-12)13-8-9-13/h12-14H,4-11H2,1-3H3. The van der Waals surface area contributed by atoms with Crippen molar-refractivity contribution >= 4 is 17.3 Å². The van der Waals surface area contributed by atoms with E-state index in [2.05, 4.69) is 0 Å². The fourth-order valence-electron chi connectivity index (χ4n) is 4.32. The number of aryl methyl sites for hydroxylation is 1. The van der Waals surface area contributed by atoms with E-state index in [0.717, 1.165) is 32.1 Å². The second-order valence-electron chi connectivity index (χ2n) is 8.04. The smallest absolute Gasteiger partial charge is 0.419 e. The van der Waals surface area contributed by atoms with Gasteiger partial charge in [-0.25, -0.2) is 19.1 Å². The van der Waals surface area contributed by atoms with Crippen LogP contribution >= 0.6 is 0 Å². The minimum absolute atomic E-state index is 0.149. The Labute approximate surface area is 163 Å². The van der Waals surface area contributed by atoms with Gasteiger partial charge < -0.3 is 4.74 Å². The van der Waals surface area contributed by atoms with Gasteiger partial charge in [-0.15, -0.1) is 0 Å². The topological polar surface area (TPSA) is 88.1 Å². The summed E-state index contributed by atoms with van der Waals surface area (Å²) in [5, 5.41) is 0. The molecule has 4 rings (SSSR count). The van der Waals surface area contributed by atoms with Gasteiger partial charge >= 0.3 is 11.8 Å². The Kier molecular flexibility index (Phi) is 4.89. The minimum Gasteiger partial charge on any atom is -0.452 e. The molecule has 0 aliphatic heterocycles. The van der Waals surface area contributed by atoms with Gasteiger partial charge in [0.15, 0.2) is 11.2 Å². The summed E-state index contributed by atoms with van der Waals surface area (Å²) in [4.78, 5) is 43.7. The molecule has 8 heteroatoms. The summed E-state index contributed by atoms with van der Waals surface area (Å²) in [7, 11) is 1.31. The molecular weight excluding hydrogens is 360 g/mol. The van der Waals surface area contributed by atoms with Crippen molar-refractivity contribution in [1.29, 1.82) is 0 Å². The average Bonchev–Trinajstić information content (AvgIpc) is 3.61. The minimum atomic E-state index is -0.606. The van der Waals surface area contributed by atoms with Crippen LogP contribution in [0, 0.1) is 11.8 Å². The highest BCUT2D eigenvalue weighted by Gasteiger charge is 2.46. The van der Waals surface area contributed by atoms with Gasteiger partial charge in [0.2, 0.25) is 0 Å². The van der Waals surface area contributed by atoms with Gasteiger partial charge in [0.1, 0.15) is 5.82 Å². The molecule has 152 valence electrons. The molecule has 0 unspecified atom stereocenters. The first-order valence-corrected chi connectivity index (χ1v) is 10.4. The molecule has 0 saturated heterocycles. The van der Waals surface area contributed by atoms with Gasteiger partial charge in [-0.3, -0.25) is 13.9 Å². The Morgan fingerprint density at radius 1 is 1.07 bits per heavy atom. The Bertz CT molecular complexity index is 1010. The zero-order valence-corrected chi connectivity index (χ0v) is 16.8. The summed E-state index contributed by atoms with van der Waals surface area (Å²) in [6.07, 6.45) is 5.25.